The topological polar surface area (TPSA) is 38.7 Å². The van der Waals surface area contributed by atoms with E-state index in [1.807, 2.05) is 13.0 Å². The van der Waals surface area contributed by atoms with E-state index in [1.54, 1.807) is 0 Å². The maximum absolute atomic E-state index is 10.1. The van der Waals surface area contributed by atoms with Crippen molar-refractivity contribution in [2.75, 3.05) is 13.2 Å². The summed E-state index contributed by atoms with van der Waals surface area (Å²) in [6, 6.07) is 0. The highest BCUT2D eigenvalue weighted by Gasteiger charge is 2.40. The zero-order chi connectivity index (χ0) is 10.0. The lowest BCUT2D eigenvalue weighted by atomic mass is 9.93. The van der Waals surface area contributed by atoms with Crippen molar-refractivity contribution in [2.45, 2.75) is 44.3 Å². The van der Waals surface area contributed by atoms with Crippen LogP contribution in [0.4, 0.5) is 0 Å². The third kappa shape index (κ3) is 1.79. The molecular weight excluding hydrogens is 180 g/mol. The molecule has 1 N–H and O–H groups in total. The molecule has 0 aromatic heterocycles. The van der Waals surface area contributed by atoms with Gasteiger partial charge in [-0.05, 0) is 38.7 Å². The van der Waals surface area contributed by atoms with Gasteiger partial charge in [-0.15, -0.1) is 0 Å². The molecule has 0 aromatic rings. The summed E-state index contributed by atoms with van der Waals surface area (Å²) >= 11 is 0. The van der Waals surface area contributed by atoms with Gasteiger partial charge in [-0.2, -0.15) is 0 Å². The molecule has 0 spiro atoms. The van der Waals surface area contributed by atoms with E-state index >= 15 is 0 Å². The fraction of sp³-hybridized carbons (Fsp3) is 0.818. The fourth-order valence-electron chi connectivity index (χ4n) is 2.08. The van der Waals surface area contributed by atoms with Crippen LogP contribution >= 0.6 is 0 Å². The van der Waals surface area contributed by atoms with E-state index in [0.717, 1.165) is 38.9 Å². The molecule has 3 heteroatoms. The molecule has 0 radical (unpaired) electrons. The largest absolute Gasteiger partial charge is 0.495 e. The van der Waals surface area contributed by atoms with Crippen LogP contribution in [-0.4, -0.2) is 30.0 Å². The van der Waals surface area contributed by atoms with Crippen LogP contribution in [0.2, 0.25) is 0 Å². The molecule has 0 saturated carbocycles. The first-order valence-corrected chi connectivity index (χ1v) is 5.37. The molecule has 3 nitrogen and oxygen atoms in total. The Kier molecular flexibility index (Phi) is 2.79. The Morgan fingerprint density at radius 3 is 2.86 bits per heavy atom. The van der Waals surface area contributed by atoms with Crippen molar-refractivity contribution < 1.29 is 14.6 Å². The van der Waals surface area contributed by atoms with Crippen molar-refractivity contribution in [2.24, 2.45) is 0 Å². The number of allylic oxidation sites excluding steroid dienone is 1. The first-order chi connectivity index (χ1) is 6.72. The van der Waals surface area contributed by atoms with E-state index in [9.17, 15) is 5.11 Å². The van der Waals surface area contributed by atoms with Crippen LogP contribution in [-0.2, 0) is 9.47 Å². The van der Waals surface area contributed by atoms with Gasteiger partial charge in [0.25, 0.3) is 0 Å². The molecule has 0 aliphatic carbocycles. The van der Waals surface area contributed by atoms with Crippen LogP contribution in [0.1, 0.15) is 32.6 Å². The van der Waals surface area contributed by atoms with Crippen LogP contribution in [0.3, 0.4) is 0 Å². The quantitative estimate of drug-likeness (QED) is 0.732. The third-order valence-corrected chi connectivity index (χ3v) is 3.06. The van der Waals surface area contributed by atoms with Crippen LogP contribution < -0.4 is 0 Å². The predicted octanol–water partition coefficient (Wildman–Crippen LogP) is 1.61. The highest BCUT2D eigenvalue weighted by molar-refractivity contribution is 5.09. The number of hydrogen-bond donors (Lipinski definition) is 1. The minimum atomic E-state index is -0.592. The highest BCUT2D eigenvalue weighted by atomic mass is 16.5. The van der Waals surface area contributed by atoms with E-state index in [4.69, 9.17) is 9.47 Å². The van der Waals surface area contributed by atoms with Crippen molar-refractivity contribution in [1.29, 1.82) is 0 Å². The summed E-state index contributed by atoms with van der Waals surface area (Å²) in [5.41, 5.74) is -0.427. The van der Waals surface area contributed by atoms with Gasteiger partial charge in [-0.1, -0.05) is 0 Å². The molecular formula is C11H18O3. The molecule has 2 rings (SSSR count). The Hall–Kier alpha value is -0.540. The first kappa shape index (κ1) is 9.99. The summed E-state index contributed by atoms with van der Waals surface area (Å²) in [6.07, 6.45) is 5.39. The lowest BCUT2D eigenvalue weighted by Crippen LogP contribution is -2.41. The molecule has 2 heterocycles. The second-order valence-corrected chi connectivity index (χ2v) is 4.26. The highest BCUT2D eigenvalue weighted by Crippen LogP contribution is 2.33. The van der Waals surface area contributed by atoms with Gasteiger partial charge < -0.3 is 14.6 Å². The van der Waals surface area contributed by atoms with Crippen molar-refractivity contribution in [3.05, 3.63) is 11.8 Å². The first-order valence-electron chi connectivity index (χ1n) is 5.37. The Morgan fingerprint density at radius 2 is 2.29 bits per heavy atom. The minimum absolute atomic E-state index is 0.427. The number of aliphatic hydroxyl groups excluding tert-OH is 1. The average molecular weight is 198 g/mol. The SMILES string of the molecule is CC1(C(O)C2=CCCCO2)CCCO1. The Bertz CT molecular complexity index is 229. The summed E-state index contributed by atoms with van der Waals surface area (Å²) in [7, 11) is 0. The molecule has 2 aliphatic rings. The minimum Gasteiger partial charge on any atom is -0.495 e. The fourth-order valence-corrected chi connectivity index (χ4v) is 2.08. The standard InChI is InChI=1S/C11H18O3/c1-11(6-4-8-14-11)10(12)9-5-2-3-7-13-9/h5,10,12H,2-4,6-8H2,1H3. The van der Waals surface area contributed by atoms with E-state index in [-0.39, 0.29) is 0 Å². The number of rotatable bonds is 2. The molecule has 1 saturated heterocycles. The molecule has 0 bridgehead atoms. The van der Waals surface area contributed by atoms with E-state index < -0.39 is 11.7 Å². The van der Waals surface area contributed by atoms with Crippen molar-refractivity contribution in [3.8, 4) is 0 Å². The third-order valence-electron chi connectivity index (χ3n) is 3.06. The second-order valence-electron chi connectivity index (χ2n) is 4.26. The van der Waals surface area contributed by atoms with Crippen LogP contribution in [0.5, 0.6) is 0 Å². The Balaban J connectivity index is 2.05. The number of aliphatic hydroxyl groups is 1. The van der Waals surface area contributed by atoms with Gasteiger partial charge >= 0.3 is 0 Å². The van der Waals surface area contributed by atoms with E-state index in [1.165, 1.54) is 0 Å². The van der Waals surface area contributed by atoms with Gasteiger partial charge in [-0.3, -0.25) is 0 Å². The molecule has 2 unspecified atom stereocenters. The van der Waals surface area contributed by atoms with Gasteiger partial charge in [0, 0.05) is 6.61 Å². The van der Waals surface area contributed by atoms with Crippen LogP contribution in [0, 0.1) is 0 Å². The summed E-state index contributed by atoms with van der Waals surface area (Å²) in [4.78, 5) is 0. The number of hydrogen-bond acceptors (Lipinski definition) is 3. The molecule has 0 amide bonds. The maximum atomic E-state index is 10.1. The average Bonchev–Trinajstić information content (AvgIpc) is 2.67. The van der Waals surface area contributed by atoms with Crippen LogP contribution in [0.25, 0.3) is 0 Å². The molecule has 1 fully saturated rings. The van der Waals surface area contributed by atoms with Crippen molar-refractivity contribution in [3.63, 3.8) is 0 Å². The number of ether oxygens (including phenoxy) is 2. The lowest BCUT2D eigenvalue weighted by Gasteiger charge is -2.31. The summed E-state index contributed by atoms with van der Waals surface area (Å²) in [5, 5.41) is 10.1. The van der Waals surface area contributed by atoms with Gasteiger partial charge in [0.1, 0.15) is 11.9 Å². The zero-order valence-electron chi connectivity index (χ0n) is 8.66. The van der Waals surface area contributed by atoms with Gasteiger partial charge in [0.2, 0.25) is 0 Å². The van der Waals surface area contributed by atoms with Gasteiger partial charge in [0.15, 0.2) is 0 Å². The molecule has 80 valence electrons. The molecule has 14 heavy (non-hydrogen) atoms. The molecule has 2 aliphatic heterocycles. The second kappa shape index (κ2) is 3.91. The Labute approximate surface area is 84.7 Å². The van der Waals surface area contributed by atoms with E-state index in [0.29, 0.717) is 5.76 Å². The van der Waals surface area contributed by atoms with E-state index in [2.05, 4.69) is 0 Å². The smallest absolute Gasteiger partial charge is 0.139 e. The predicted molar refractivity (Wildman–Crippen MR) is 52.9 cm³/mol. The molecule has 0 aromatic carbocycles. The van der Waals surface area contributed by atoms with Gasteiger partial charge in [-0.25, -0.2) is 0 Å². The van der Waals surface area contributed by atoms with Crippen LogP contribution in [0.15, 0.2) is 11.8 Å². The van der Waals surface area contributed by atoms with Gasteiger partial charge in [0.05, 0.1) is 12.2 Å². The normalized spacial score (nSPS) is 34.9. The summed E-state index contributed by atoms with van der Waals surface area (Å²) < 4.78 is 11.0. The Morgan fingerprint density at radius 1 is 1.43 bits per heavy atom. The summed E-state index contributed by atoms with van der Waals surface area (Å²) in [6.45, 7) is 3.43. The summed E-state index contributed by atoms with van der Waals surface area (Å²) in [5.74, 6) is 0.709. The maximum Gasteiger partial charge on any atom is 0.139 e. The van der Waals surface area contributed by atoms with Crippen molar-refractivity contribution >= 4 is 0 Å². The zero-order valence-corrected chi connectivity index (χ0v) is 8.66. The monoisotopic (exact) mass is 198 g/mol. The lowest BCUT2D eigenvalue weighted by molar-refractivity contribution is -0.0829. The van der Waals surface area contributed by atoms with Crippen molar-refractivity contribution in [1.82, 2.24) is 0 Å². The molecule has 2 atom stereocenters.